The van der Waals surface area contributed by atoms with Gasteiger partial charge in [0.1, 0.15) is 11.6 Å². The summed E-state index contributed by atoms with van der Waals surface area (Å²) in [5.41, 5.74) is 6.74. The Hall–Kier alpha value is -1.09. The molecule has 2 N–H and O–H groups in total. The maximum Gasteiger partial charge on any atom is 0.126 e. The van der Waals surface area contributed by atoms with E-state index >= 15 is 0 Å². The van der Waals surface area contributed by atoms with Crippen molar-refractivity contribution in [2.45, 2.75) is 71.3 Å². The highest BCUT2D eigenvalue weighted by Crippen LogP contribution is 2.25. The molecule has 0 radical (unpaired) electrons. The van der Waals surface area contributed by atoms with Gasteiger partial charge in [0.25, 0.3) is 0 Å². The lowest BCUT2D eigenvalue weighted by Gasteiger charge is -2.14. The van der Waals surface area contributed by atoms with Gasteiger partial charge in [0, 0.05) is 17.7 Å². The molecule has 0 aliphatic carbocycles. The van der Waals surface area contributed by atoms with Gasteiger partial charge in [-0.3, -0.25) is 0 Å². The Balaban J connectivity index is 2.19. The average molecular weight is 295 g/mol. The molecule has 0 bridgehead atoms. The Labute approximate surface area is 128 Å². The molecule has 0 fully saturated rings. The van der Waals surface area contributed by atoms with E-state index in [0.29, 0.717) is 12.4 Å². The Morgan fingerprint density at radius 2 is 1.67 bits per heavy atom. The zero-order chi connectivity index (χ0) is 15.5. The van der Waals surface area contributed by atoms with Crippen molar-refractivity contribution in [2.24, 2.45) is 5.73 Å². The molecule has 120 valence electrons. The molecule has 0 aromatic heterocycles. The van der Waals surface area contributed by atoms with Crippen LogP contribution in [-0.4, -0.2) is 6.61 Å². The standard InChI is InChI=1S/C18H30FNO/c1-3-4-5-6-7-8-9-10-13-21-18-14-16(19)11-12-17(18)15(2)20/h11-12,14-15H,3-10,13,20H2,1-2H3/t15-/m0/s1. The highest BCUT2D eigenvalue weighted by atomic mass is 19.1. The number of hydrogen-bond donors (Lipinski definition) is 1. The van der Waals surface area contributed by atoms with Crippen LogP contribution in [0.15, 0.2) is 18.2 Å². The number of hydrogen-bond acceptors (Lipinski definition) is 2. The summed E-state index contributed by atoms with van der Waals surface area (Å²) in [5.74, 6) is 0.318. The number of nitrogens with two attached hydrogens (primary N) is 1. The Morgan fingerprint density at radius 3 is 2.29 bits per heavy atom. The van der Waals surface area contributed by atoms with Crippen LogP contribution in [0.3, 0.4) is 0 Å². The third-order valence-electron chi connectivity index (χ3n) is 3.72. The molecule has 0 amide bonds. The van der Waals surface area contributed by atoms with Gasteiger partial charge in [-0.2, -0.15) is 0 Å². The molecule has 0 unspecified atom stereocenters. The van der Waals surface area contributed by atoms with Gasteiger partial charge < -0.3 is 10.5 Å². The average Bonchev–Trinajstić information content (AvgIpc) is 2.45. The molecule has 1 aromatic rings. The first-order chi connectivity index (χ1) is 10.1. The van der Waals surface area contributed by atoms with Gasteiger partial charge in [-0.25, -0.2) is 4.39 Å². The van der Waals surface area contributed by atoms with Crippen LogP contribution in [-0.2, 0) is 0 Å². The number of benzene rings is 1. The third kappa shape index (κ3) is 7.47. The Bertz CT molecular complexity index is 393. The van der Waals surface area contributed by atoms with Crippen LogP contribution in [0.5, 0.6) is 5.75 Å². The maximum absolute atomic E-state index is 13.3. The molecule has 21 heavy (non-hydrogen) atoms. The van der Waals surface area contributed by atoms with Crippen molar-refractivity contribution in [1.82, 2.24) is 0 Å². The molecule has 0 saturated heterocycles. The molecule has 3 heteroatoms. The summed E-state index contributed by atoms with van der Waals surface area (Å²) >= 11 is 0. The van der Waals surface area contributed by atoms with Gasteiger partial charge in [0.2, 0.25) is 0 Å². The van der Waals surface area contributed by atoms with E-state index in [0.717, 1.165) is 12.0 Å². The zero-order valence-corrected chi connectivity index (χ0v) is 13.5. The molecule has 0 aliphatic rings. The fraction of sp³-hybridized carbons (Fsp3) is 0.667. The van der Waals surface area contributed by atoms with E-state index in [-0.39, 0.29) is 11.9 Å². The van der Waals surface area contributed by atoms with Gasteiger partial charge in [-0.15, -0.1) is 0 Å². The van der Waals surface area contributed by atoms with Gasteiger partial charge in [0.05, 0.1) is 6.61 Å². The van der Waals surface area contributed by atoms with Crippen molar-refractivity contribution in [1.29, 1.82) is 0 Å². The summed E-state index contributed by atoms with van der Waals surface area (Å²) < 4.78 is 19.0. The summed E-state index contributed by atoms with van der Waals surface area (Å²) in [5, 5.41) is 0. The highest BCUT2D eigenvalue weighted by molar-refractivity contribution is 5.36. The minimum Gasteiger partial charge on any atom is -0.493 e. The first-order valence-corrected chi connectivity index (χ1v) is 8.33. The number of rotatable bonds is 11. The fourth-order valence-corrected chi connectivity index (χ4v) is 2.43. The summed E-state index contributed by atoms with van der Waals surface area (Å²) in [6.07, 6.45) is 10.1. The van der Waals surface area contributed by atoms with E-state index in [1.807, 2.05) is 6.92 Å². The van der Waals surface area contributed by atoms with Gasteiger partial charge >= 0.3 is 0 Å². The first kappa shape index (κ1) is 18.0. The third-order valence-corrected chi connectivity index (χ3v) is 3.72. The number of unbranched alkanes of at least 4 members (excludes halogenated alkanes) is 7. The quantitative estimate of drug-likeness (QED) is 0.557. The van der Waals surface area contributed by atoms with Crippen LogP contribution in [0.1, 0.15) is 76.8 Å². The Morgan fingerprint density at radius 1 is 1.05 bits per heavy atom. The molecule has 2 nitrogen and oxygen atoms in total. The summed E-state index contributed by atoms with van der Waals surface area (Å²) in [4.78, 5) is 0. The summed E-state index contributed by atoms with van der Waals surface area (Å²) in [6.45, 7) is 4.76. The maximum atomic E-state index is 13.3. The van der Waals surface area contributed by atoms with E-state index in [2.05, 4.69) is 6.92 Å². The van der Waals surface area contributed by atoms with Crippen LogP contribution < -0.4 is 10.5 Å². The topological polar surface area (TPSA) is 35.2 Å². The number of halogens is 1. The molecule has 1 rings (SSSR count). The molecule has 1 atom stereocenters. The molecule has 0 saturated carbocycles. The van der Waals surface area contributed by atoms with Crippen molar-refractivity contribution >= 4 is 0 Å². The molecule has 0 spiro atoms. The van der Waals surface area contributed by atoms with Crippen LogP contribution in [0.4, 0.5) is 4.39 Å². The molecule has 1 aromatic carbocycles. The smallest absolute Gasteiger partial charge is 0.126 e. The molecular weight excluding hydrogens is 265 g/mol. The van der Waals surface area contributed by atoms with Gasteiger partial charge in [-0.1, -0.05) is 57.9 Å². The van der Waals surface area contributed by atoms with Crippen LogP contribution in [0.2, 0.25) is 0 Å². The first-order valence-electron chi connectivity index (χ1n) is 8.33. The fourth-order valence-electron chi connectivity index (χ4n) is 2.43. The zero-order valence-electron chi connectivity index (χ0n) is 13.5. The van der Waals surface area contributed by atoms with Crippen molar-refractivity contribution in [3.8, 4) is 5.75 Å². The summed E-state index contributed by atoms with van der Waals surface area (Å²) in [6, 6.07) is 4.44. The predicted octanol–water partition coefficient (Wildman–Crippen LogP) is 5.36. The second-order valence-electron chi connectivity index (χ2n) is 5.79. The molecule has 0 heterocycles. The van der Waals surface area contributed by atoms with Crippen LogP contribution >= 0.6 is 0 Å². The van der Waals surface area contributed by atoms with E-state index < -0.39 is 0 Å². The largest absolute Gasteiger partial charge is 0.493 e. The lowest BCUT2D eigenvalue weighted by molar-refractivity contribution is 0.298. The van der Waals surface area contributed by atoms with E-state index in [9.17, 15) is 4.39 Å². The van der Waals surface area contributed by atoms with Gasteiger partial charge in [-0.05, 0) is 19.4 Å². The van der Waals surface area contributed by atoms with Crippen LogP contribution in [0.25, 0.3) is 0 Å². The van der Waals surface area contributed by atoms with Crippen LogP contribution in [0, 0.1) is 5.82 Å². The van der Waals surface area contributed by atoms with Crippen molar-refractivity contribution in [3.63, 3.8) is 0 Å². The lowest BCUT2D eigenvalue weighted by Crippen LogP contribution is -2.09. The SMILES string of the molecule is CCCCCCCCCCOc1cc(F)ccc1[C@H](C)N. The van der Waals surface area contributed by atoms with E-state index in [4.69, 9.17) is 10.5 Å². The number of ether oxygens (including phenoxy) is 1. The van der Waals surface area contributed by atoms with Gasteiger partial charge in [0.15, 0.2) is 0 Å². The van der Waals surface area contributed by atoms with Crippen molar-refractivity contribution in [2.75, 3.05) is 6.61 Å². The van der Waals surface area contributed by atoms with E-state index in [1.54, 1.807) is 6.07 Å². The second-order valence-corrected chi connectivity index (χ2v) is 5.79. The molecule has 0 aliphatic heterocycles. The monoisotopic (exact) mass is 295 g/mol. The lowest BCUT2D eigenvalue weighted by atomic mass is 10.1. The van der Waals surface area contributed by atoms with E-state index in [1.165, 1.54) is 57.1 Å². The Kier molecular flexibility index (Phi) is 9.07. The highest BCUT2D eigenvalue weighted by Gasteiger charge is 2.09. The predicted molar refractivity (Wildman–Crippen MR) is 87.1 cm³/mol. The minimum atomic E-state index is -0.273. The minimum absolute atomic E-state index is 0.140. The second kappa shape index (κ2) is 10.6. The summed E-state index contributed by atoms with van der Waals surface area (Å²) in [7, 11) is 0. The normalized spacial score (nSPS) is 12.4. The molecular formula is C18H30FNO. The van der Waals surface area contributed by atoms with Crippen molar-refractivity contribution < 1.29 is 9.13 Å². The van der Waals surface area contributed by atoms with Crippen molar-refractivity contribution in [3.05, 3.63) is 29.6 Å².